The van der Waals surface area contributed by atoms with Crippen molar-refractivity contribution in [2.45, 2.75) is 50.5 Å². The van der Waals surface area contributed by atoms with Crippen molar-refractivity contribution in [3.8, 4) is 0 Å². The maximum atomic E-state index is 13.9. The fraction of sp³-hybridized carbons (Fsp3) is 0.600. The van der Waals surface area contributed by atoms with Gasteiger partial charge in [0.15, 0.2) is 0 Å². The van der Waals surface area contributed by atoms with E-state index in [-0.39, 0.29) is 16.9 Å². The number of nitrogens with one attached hydrogen (secondary N) is 1. The second-order valence-corrected chi connectivity index (χ2v) is 7.85. The van der Waals surface area contributed by atoms with Crippen LogP contribution in [-0.2, 0) is 16.6 Å². The van der Waals surface area contributed by atoms with Crippen LogP contribution in [0.5, 0.6) is 0 Å². The molecule has 0 aliphatic heterocycles. The summed E-state index contributed by atoms with van der Waals surface area (Å²) in [4.78, 5) is -0.362. The topological polar surface area (TPSA) is 66.4 Å². The van der Waals surface area contributed by atoms with Crippen molar-refractivity contribution < 1.29 is 17.9 Å². The van der Waals surface area contributed by atoms with Gasteiger partial charge in [0, 0.05) is 6.54 Å². The Morgan fingerprint density at radius 3 is 2.52 bits per heavy atom. The SMILES string of the molecule is CC1(CNS(=O)(=O)c2ccc(CO)cc2F)CCCCC1. The van der Waals surface area contributed by atoms with Crippen molar-refractivity contribution in [2.24, 2.45) is 5.41 Å². The Hall–Kier alpha value is -0.980. The van der Waals surface area contributed by atoms with E-state index in [9.17, 15) is 12.8 Å². The predicted molar refractivity (Wildman–Crippen MR) is 78.7 cm³/mol. The van der Waals surface area contributed by atoms with Gasteiger partial charge in [-0.15, -0.1) is 0 Å². The zero-order chi connectivity index (χ0) is 15.5. The van der Waals surface area contributed by atoms with Crippen LogP contribution >= 0.6 is 0 Å². The van der Waals surface area contributed by atoms with Crippen LogP contribution in [0.15, 0.2) is 23.1 Å². The van der Waals surface area contributed by atoms with Crippen molar-refractivity contribution in [1.82, 2.24) is 4.72 Å². The number of hydrogen-bond donors (Lipinski definition) is 2. The number of benzene rings is 1. The minimum atomic E-state index is -3.86. The highest BCUT2D eigenvalue weighted by atomic mass is 32.2. The Morgan fingerprint density at radius 2 is 1.95 bits per heavy atom. The molecule has 4 nitrogen and oxygen atoms in total. The summed E-state index contributed by atoms with van der Waals surface area (Å²) in [5.74, 6) is -0.831. The molecular weight excluding hydrogens is 293 g/mol. The molecule has 1 aromatic rings. The predicted octanol–water partition coefficient (Wildman–Crippen LogP) is 2.57. The molecule has 1 saturated carbocycles. The summed E-state index contributed by atoms with van der Waals surface area (Å²) in [6.45, 7) is 2.08. The van der Waals surface area contributed by atoms with Crippen LogP contribution in [0.4, 0.5) is 4.39 Å². The molecule has 0 radical (unpaired) electrons. The third kappa shape index (κ3) is 4.02. The van der Waals surface area contributed by atoms with Crippen molar-refractivity contribution in [3.05, 3.63) is 29.6 Å². The molecule has 0 bridgehead atoms. The molecule has 0 atom stereocenters. The van der Waals surface area contributed by atoms with Gasteiger partial charge in [-0.2, -0.15) is 0 Å². The largest absolute Gasteiger partial charge is 0.392 e. The highest BCUT2D eigenvalue weighted by Gasteiger charge is 2.29. The van der Waals surface area contributed by atoms with Gasteiger partial charge in [-0.05, 0) is 36.0 Å². The Morgan fingerprint density at radius 1 is 1.29 bits per heavy atom. The lowest BCUT2D eigenvalue weighted by molar-refractivity contribution is 0.219. The van der Waals surface area contributed by atoms with Gasteiger partial charge in [-0.1, -0.05) is 32.3 Å². The van der Waals surface area contributed by atoms with Gasteiger partial charge in [0.25, 0.3) is 0 Å². The first-order valence-corrected chi connectivity index (χ1v) is 8.74. The van der Waals surface area contributed by atoms with Crippen molar-refractivity contribution in [3.63, 3.8) is 0 Å². The third-order valence-electron chi connectivity index (χ3n) is 4.22. The van der Waals surface area contributed by atoms with E-state index >= 15 is 0 Å². The highest BCUT2D eigenvalue weighted by molar-refractivity contribution is 7.89. The van der Waals surface area contributed by atoms with Gasteiger partial charge >= 0.3 is 0 Å². The van der Waals surface area contributed by atoms with Gasteiger partial charge in [-0.25, -0.2) is 17.5 Å². The molecule has 1 aromatic carbocycles. The average molecular weight is 315 g/mol. The maximum absolute atomic E-state index is 13.9. The van der Waals surface area contributed by atoms with Gasteiger partial charge in [0.1, 0.15) is 10.7 Å². The minimum absolute atomic E-state index is 0.0488. The molecular formula is C15H22FNO3S. The molecule has 0 amide bonds. The monoisotopic (exact) mass is 315 g/mol. The summed E-state index contributed by atoms with van der Waals surface area (Å²) in [6.07, 6.45) is 5.39. The zero-order valence-corrected chi connectivity index (χ0v) is 13.0. The summed E-state index contributed by atoms with van der Waals surface area (Å²) in [6, 6.07) is 3.67. The van der Waals surface area contributed by atoms with E-state index < -0.39 is 15.8 Å². The van der Waals surface area contributed by atoms with Gasteiger partial charge in [0.05, 0.1) is 6.61 Å². The van der Waals surface area contributed by atoms with Gasteiger partial charge in [0.2, 0.25) is 10.0 Å². The molecule has 118 valence electrons. The second kappa shape index (κ2) is 6.42. The highest BCUT2D eigenvalue weighted by Crippen LogP contribution is 2.35. The smallest absolute Gasteiger partial charge is 0.243 e. The first-order chi connectivity index (χ1) is 9.86. The lowest BCUT2D eigenvalue weighted by Gasteiger charge is -2.33. The lowest BCUT2D eigenvalue weighted by atomic mass is 9.76. The summed E-state index contributed by atoms with van der Waals surface area (Å²) < 4.78 is 40.8. The summed E-state index contributed by atoms with van der Waals surface area (Å²) in [5.41, 5.74) is 0.304. The van der Waals surface area contributed by atoms with E-state index in [0.29, 0.717) is 12.1 Å². The van der Waals surface area contributed by atoms with E-state index in [1.807, 2.05) is 0 Å². The van der Waals surface area contributed by atoms with Crippen molar-refractivity contribution >= 4 is 10.0 Å². The van der Waals surface area contributed by atoms with Crippen molar-refractivity contribution in [2.75, 3.05) is 6.54 Å². The zero-order valence-electron chi connectivity index (χ0n) is 12.2. The maximum Gasteiger partial charge on any atom is 0.243 e. The van der Waals surface area contributed by atoms with Crippen LogP contribution in [0.1, 0.15) is 44.6 Å². The van der Waals surface area contributed by atoms with Gasteiger partial charge in [-0.3, -0.25) is 0 Å². The lowest BCUT2D eigenvalue weighted by Crippen LogP contribution is -2.37. The summed E-state index contributed by atoms with van der Waals surface area (Å²) in [7, 11) is -3.86. The van der Waals surface area contributed by atoms with Crippen LogP contribution in [0.3, 0.4) is 0 Å². The summed E-state index contributed by atoms with van der Waals surface area (Å²) in [5, 5.41) is 8.93. The first-order valence-electron chi connectivity index (χ1n) is 7.25. The number of rotatable bonds is 5. The molecule has 0 unspecified atom stereocenters. The normalized spacial score (nSPS) is 18.6. The molecule has 1 fully saturated rings. The Bertz CT molecular complexity index is 595. The van der Waals surface area contributed by atoms with Crippen LogP contribution in [0.25, 0.3) is 0 Å². The van der Waals surface area contributed by atoms with Crippen LogP contribution in [-0.4, -0.2) is 20.1 Å². The number of hydrogen-bond acceptors (Lipinski definition) is 3. The van der Waals surface area contributed by atoms with E-state index in [0.717, 1.165) is 31.7 Å². The first kappa shape index (κ1) is 16.4. The van der Waals surface area contributed by atoms with E-state index in [1.54, 1.807) is 0 Å². The average Bonchev–Trinajstić information content (AvgIpc) is 2.46. The van der Waals surface area contributed by atoms with E-state index in [4.69, 9.17) is 5.11 Å². The molecule has 0 spiro atoms. The van der Waals surface area contributed by atoms with E-state index in [1.165, 1.54) is 18.6 Å². The number of aliphatic hydroxyl groups excluding tert-OH is 1. The van der Waals surface area contributed by atoms with Crippen LogP contribution in [0, 0.1) is 11.2 Å². The quantitative estimate of drug-likeness (QED) is 0.877. The third-order valence-corrected chi connectivity index (χ3v) is 5.65. The van der Waals surface area contributed by atoms with Crippen molar-refractivity contribution in [1.29, 1.82) is 0 Å². The molecule has 1 aliphatic rings. The Labute approximate surface area is 125 Å². The molecule has 2 rings (SSSR count). The van der Waals surface area contributed by atoms with Crippen LogP contribution < -0.4 is 4.72 Å². The molecule has 2 N–H and O–H groups in total. The number of sulfonamides is 1. The summed E-state index contributed by atoms with van der Waals surface area (Å²) >= 11 is 0. The fourth-order valence-electron chi connectivity index (χ4n) is 2.79. The van der Waals surface area contributed by atoms with Crippen LogP contribution in [0.2, 0.25) is 0 Å². The Kier molecular flexibility index (Phi) is 5.01. The van der Waals surface area contributed by atoms with Gasteiger partial charge < -0.3 is 5.11 Å². The molecule has 0 saturated heterocycles. The minimum Gasteiger partial charge on any atom is -0.392 e. The fourth-order valence-corrected chi connectivity index (χ4v) is 4.05. The molecule has 0 aromatic heterocycles. The second-order valence-electron chi connectivity index (χ2n) is 6.12. The van der Waals surface area contributed by atoms with E-state index in [2.05, 4.69) is 11.6 Å². The standard InChI is InChI=1S/C15H22FNO3S/c1-15(7-3-2-4-8-15)11-17-21(19,20)14-6-5-12(10-18)9-13(14)16/h5-6,9,17-18H,2-4,7-8,10-11H2,1H3. The molecule has 0 heterocycles. The molecule has 6 heteroatoms. The molecule has 21 heavy (non-hydrogen) atoms. The number of aliphatic hydroxyl groups is 1. The molecule has 1 aliphatic carbocycles. The Balaban J connectivity index is 2.11. The number of halogens is 1.